The largest absolute Gasteiger partial charge is 0.384 e. The molecule has 0 spiro atoms. The third-order valence-electron chi connectivity index (χ3n) is 6.71. The zero-order valence-electron chi connectivity index (χ0n) is 16.6. The average Bonchev–Trinajstić information content (AvgIpc) is 2.77. The summed E-state index contributed by atoms with van der Waals surface area (Å²) in [5, 5.41) is 11.7. The minimum atomic E-state index is 0.139. The first-order valence-electron chi connectivity index (χ1n) is 10.6. The molecule has 0 radical (unpaired) electrons. The Kier molecular flexibility index (Phi) is 4.59. The number of nitrogens with two attached hydrogens (primary N) is 1. The molecule has 3 atom stereocenters. The molecular formula is C26H27N3. The summed E-state index contributed by atoms with van der Waals surface area (Å²) >= 11 is 0. The van der Waals surface area contributed by atoms with Crippen LogP contribution in [0.2, 0.25) is 0 Å². The van der Waals surface area contributed by atoms with Crippen molar-refractivity contribution in [2.24, 2.45) is 11.7 Å². The standard InChI is InChI=1S/C26H27N3/c27-26(28)19-12-15-24-22(16-19)25-20-9-5-4-8-18(20)11-13-21(25)23(29-24)14-10-17-6-2-1-3-7-17/h1-9,12,15-16,21,23,25,29H,10-11,13-14H2,(H3,27,28). The summed E-state index contributed by atoms with van der Waals surface area (Å²) in [4.78, 5) is 0. The van der Waals surface area contributed by atoms with E-state index in [9.17, 15) is 0 Å². The predicted molar refractivity (Wildman–Crippen MR) is 120 cm³/mol. The number of aryl methyl sites for hydroxylation is 2. The molecule has 0 aromatic heterocycles. The van der Waals surface area contributed by atoms with Crippen molar-refractivity contribution in [2.45, 2.75) is 37.6 Å². The van der Waals surface area contributed by atoms with E-state index in [1.54, 1.807) is 0 Å². The molecular weight excluding hydrogens is 354 g/mol. The molecule has 29 heavy (non-hydrogen) atoms. The van der Waals surface area contributed by atoms with Crippen LogP contribution >= 0.6 is 0 Å². The van der Waals surface area contributed by atoms with Gasteiger partial charge in [-0.15, -0.1) is 0 Å². The molecule has 0 saturated carbocycles. The van der Waals surface area contributed by atoms with Gasteiger partial charge in [0.25, 0.3) is 0 Å². The first kappa shape index (κ1) is 18.0. The summed E-state index contributed by atoms with van der Waals surface area (Å²) in [5.74, 6) is 1.07. The van der Waals surface area contributed by atoms with Gasteiger partial charge in [0.05, 0.1) is 0 Å². The van der Waals surface area contributed by atoms with Crippen LogP contribution in [0, 0.1) is 11.3 Å². The van der Waals surface area contributed by atoms with Crippen LogP contribution in [0.5, 0.6) is 0 Å². The maximum absolute atomic E-state index is 7.89. The molecule has 0 fully saturated rings. The van der Waals surface area contributed by atoms with Crippen molar-refractivity contribution in [3.63, 3.8) is 0 Å². The fourth-order valence-electron chi connectivity index (χ4n) is 5.30. The zero-order chi connectivity index (χ0) is 19.8. The number of rotatable bonds is 4. The Hall–Kier alpha value is -3.07. The van der Waals surface area contributed by atoms with Gasteiger partial charge < -0.3 is 11.1 Å². The number of fused-ring (bicyclic) bond motifs is 5. The molecule has 0 saturated heterocycles. The normalized spacial score (nSPS) is 22.0. The van der Waals surface area contributed by atoms with Crippen LogP contribution in [-0.2, 0) is 12.8 Å². The van der Waals surface area contributed by atoms with Crippen LogP contribution in [0.15, 0.2) is 72.8 Å². The summed E-state index contributed by atoms with van der Waals surface area (Å²) in [6.07, 6.45) is 4.55. The number of anilines is 1. The number of nitrogens with one attached hydrogen (secondary N) is 2. The number of amidine groups is 1. The number of benzene rings is 3. The highest BCUT2D eigenvalue weighted by Gasteiger charge is 2.40. The lowest BCUT2D eigenvalue weighted by molar-refractivity contribution is 0.331. The van der Waals surface area contributed by atoms with Crippen molar-refractivity contribution in [3.05, 3.63) is 101 Å². The first-order valence-corrected chi connectivity index (χ1v) is 10.6. The van der Waals surface area contributed by atoms with Crippen LogP contribution in [0.3, 0.4) is 0 Å². The number of hydrogen-bond acceptors (Lipinski definition) is 2. The van der Waals surface area contributed by atoms with Gasteiger partial charge in [-0.1, -0.05) is 54.6 Å². The topological polar surface area (TPSA) is 61.9 Å². The van der Waals surface area contributed by atoms with Crippen molar-refractivity contribution < 1.29 is 0 Å². The van der Waals surface area contributed by atoms with Gasteiger partial charge in [-0.25, -0.2) is 0 Å². The second-order valence-electron chi connectivity index (χ2n) is 8.37. The molecule has 3 aromatic carbocycles. The molecule has 3 heteroatoms. The van der Waals surface area contributed by atoms with Crippen molar-refractivity contribution in [3.8, 4) is 0 Å². The molecule has 3 unspecified atom stereocenters. The van der Waals surface area contributed by atoms with E-state index in [2.05, 4.69) is 72.0 Å². The first-order chi connectivity index (χ1) is 14.2. The van der Waals surface area contributed by atoms with Gasteiger partial charge >= 0.3 is 0 Å². The van der Waals surface area contributed by atoms with Gasteiger partial charge in [0, 0.05) is 23.2 Å². The smallest absolute Gasteiger partial charge is 0.122 e. The van der Waals surface area contributed by atoms with E-state index < -0.39 is 0 Å². The third-order valence-corrected chi connectivity index (χ3v) is 6.71. The van der Waals surface area contributed by atoms with Gasteiger partial charge in [0.1, 0.15) is 5.84 Å². The molecule has 0 bridgehead atoms. The minimum absolute atomic E-state index is 0.139. The highest BCUT2D eigenvalue weighted by molar-refractivity contribution is 5.95. The van der Waals surface area contributed by atoms with Crippen molar-refractivity contribution in [1.29, 1.82) is 5.41 Å². The van der Waals surface area contributed by atoms with E-state index in [1.807, 2.05) is 6.07 Å². The summed E-state index contributed by atoms with van der Waals surface area (Å²) in [6, 6.07) is 26.4. The monoisotopic (exact) mass is 381 g/mol. The van der Waals surface area contributed by atoms with Gasteiger partial charge in [-0.3, -0.25) is 5.41 Å². The third kappa shape index (κ3) is 3.31. The molecule has 0 amide bonds. The van der Waals surface area contributed by atoms with Gasteiger partial charge in [0.2, 0.25) is 0 Å². The van der Waals surface area contributed by atoms with Crippen molar-refractivity contribution >= 4 is 11.5 Å². The van der Waals surface area contributed by atoms with Crippen molar-refractivity contribution in [1.82, 2.24) is 0 Å². The Labute approximate surface area is 172 Å². The van der Waals surface area contributed by atoms with E-state index in [1.165, 1.54) is 34.4 Å². The molecule has 2 aliphatic rings. The Morgan fingerprint density at radius 3 is 2.59 bits per heavy atom. The zero-order valence-corrected chi connectivity index (χ0v) is 16.6. The van der Waals surface area contributed by atoms with Crippen LogP contribution in [-0.4, -0.2) is 11.9 Å². The number of nitrogen functional groups attached to an aromatic ring is 1. The second kappa shape index (κ2) is 7.40. The molecule has 3 nitrogen and oxygen atoms in total. The molecule has 3 aromatic rings. The second-order valence-corrected chi connectivity index (χ2v) is 8.37. The maximum atomic E-state index is 7.89. The fourth-order valence-corrected chi connectivity index (χ4v) is 5.30. The lowest BCUT2D eigenvalue weighted by Gasteiger charge is -2.44. The van der Waals surface area contributed by atoms with E-state index in [4.69, 9.17) is 11.1 Å². The Bertz CT molecular complexity index is 1040. The van der Waals surface area contributed by atoms with E-state index in [0.29, 0.717) is 17.9 Å². The van der Waals surface area contributed by atoms with Crippen LogP contribution in [0.1, 0.15) is 46.6 Å². The fraction of sp³-hybridized carbons (Fsp3) is 0.269. The van der Waals surface area contributed by atoms with Crippen LogP contribution in [0.25, 0.3) is 0 Å². The summed E-state index contributed by atoms with van der Waals surface area (Å²) in [5.41, 5.74) is 13.5. The summed E-state index contributed by atoms with van der Waals surface area (Å²) in [6.45, 7) is 0. The molecule has 5 rings (SSSR count). The van der Waals surface area contributed by atoms with Gasteiger partial charge in [-0.2, -0.15) is 0 Å². The number of hydrogen-bond donors (Lipinski definition) is 3. The highest BCUT2D eigenvalue weighted by atomic mass is 15.0. The van der Waals surface area contributed by atoms with Crippen LogP contribution < -0.4 is 11.1 Å². The van der Waals surface area contributed by atoms with Crippen LogP contribution in [0.4, 0.5) is 5.69 Å². The molecule has 1 aliphatic carbocycles. The Balaban J connectivity index is 1.54. The summed E-state index contributed by atoms with van der Waals surface area (Å²) < 4.78 is 0. The molecule has 1 heterocycles. The quantitative estimate of drug-likeness (QED) is 0.435. The maximum Gasteiger partial charge on any atom is 0.122 e. The lowest BCUT2D eigenvalue weighted by atomic mass is 9.66. The Morgan fingerprint density at radius 2 is 1.76 bits per heavy atom. The average molecular weight is 382 g/mol. The van der Waals surface area contributed by atoms with E-state index >= 15 is 0 Å². The van der Waals surface area contributed by atoms with E-state index in [0.717, 1.165) is 24.8 Å². The van der Waals surface area contributed by atoms with Gasteiger partial charge in [-0.05, 0) is 72.1 Å². The van der Waals surface area contributed by atoms with Crippen molar-refractivity contribution in [2.75, 3.05) is 5.32 Å². The SMILES string of the molecule is N=C(N)c1ccc2c(c1)C1c3ccccc3CCC1C(CCc1ccccc1)N2. The lowest BCUT2D eigenvalue weighted by Crippen LogP contribution is -2.41. The molecule has 1 aliphatic heterocycles. The minimum Gasteiger partial charge on any atom is -0.384 e. The Morgan fingerprint density at radius 1 is 0.966 bits per heavy atom. The molecule has 146 valence electrons. The predicted octanol–water partition coefficient (Wildman–Crippen LogP) is 5.09. The molecule has 4 N–H and O–H groups in total. The van der Waals surface area contributed by atoms with E-state index in [-0.39, 0.29) is 5.84 Å². The summed E-state index contributed by atoms with van der Waals surface area (Å²) in [7, 11) is 0. The highest BCUT2D eigenvalue weighted by Crippen LogP contribution is 2.49. The van der Waals surface area contributed by atoms with Gasteiger partial charge in [0.15, 0.2) is 0 Å².